The number of aryl methyl sites for hydroxylation is 2. The van der Waals surface area contributed by atoms with Gasteiger partial charge in [0, 0.05) is 62.1 Å². The van der Waals surface area contributed by atoms with Gasteiger partial charge in [0.1, 0.15) is 11.3 Å². The third kappa shape index (κ3) is 3.51. The second kappa shape index (κ2) is 9.32. The Morgan fingerprint density at radius 1 is 0.675 bits per heavy atom. The minimum absolute atomic E-state index is 0. The first-order chi connectivity index (χ1) is 19.2. The van der Waals surface area contributed by atoms with Gasteiger partial charge in [-0.1, -0.05) is 71.8 Å². The zero-order valence-electron chi connectivity index (χ0n) is 21.9. The van der Waals surface area contributed by atoms with E-state index in [0.717, 1.165) is 55.7 Å². The number of para-hydroxylation sites is 2. The van der Waals surface area contributed by atoms with Gasteiger partial charge in [-0.3, -0.25) is 4.57 Å². The number of imidazole rings is 1. The van der Waals surface area contributed by atoms with Crippen LogP contribution in [-0.4, -0.2) is 23.7 Å². The van der Waals surface area contributed by atoms with Crippen LogP contribution < -0.4 is 0 Å². The first kappa shape index (κ1) is 24.6. The summed E-state index contributed by atoms with van der Waals surface area (Å²) in [5, 5.41) is 4.57. The molecule has 4 aromatic heterocycles. The van der Waals surface area contributed by atoms with Crippen molar-refractivity contribution in [2.75, 3.05) is 0 Å². The van der Waals surface area contributed by atoms with Crippen LogP contribution in [0.5, 0.6) is 0 Å². The summed E-state index contributed by atoms with van der Waals surface area (Å²) in [4.78, 5) is 10.1. The maximum absolute atomic E-state index is 5.40. The molecule has 0 amide bonds. The van der Waals surface area contributed by atoms with Crippen molar-refractivity contribution in [1.82, 2.24) is 23.7 Å². The molecule has 0 atom stereocenters. The molecular formula is C34H24N5Pt-. The number of benzene rings is 4. The number of nitrogens with zero attached hydrogens (tertiary/aromatic N) is 5. The van der Waals surface area contributed by atoms with Crippen LogP contribution in [0.25, 0.3) is 66.6 Å². The minimum atomic E-state index is 0. The van der Waals surface area contributed by atoms with Crippen molar-refractivity contribution < 1.29 is 21.1 Å². The summed E-state index contributed by atoms with van der Waals surface area (Å²) < 4.78 is 6.44. The van der Waals surface area contributed by atoms with E-state index in [1.54, 1.807) is 0 Å². The van der Waals surface area contributed by atoms with Crippen molar-refractivity contribution in [1.29, 1.82) is 0 Å². The molecule has 4 heterocycles. The zero-order chi connectivity index (χ0) is 26.1. The van der Waals surface area contributed by atoms with Crippen molar-refractivity contribution in [3.63, 3.8) is 0 Å². The topological polar surface area (TPSA) is 40.6 Å². The number of aromatic nitrogens is 5. The summed E-state index contributed by atoms with van der Waals surface area (Å²) in [6, 6.07) is 37.8. The van der Waals surface area contributed by atoms with Crippen molar-refractivity contribution in [2.24, 2.45) is 7.05 Å². The third-order valence-electron chi connectivity index (χ3n) is 7.73. The van der Waals surface area contributed by atoms with Crippen LogP contribution in [0.4, 0.5) is 0 Å². The summed E-state index contributed by atoms with van der Waals surface area (Å²) in [5.41, 5.74) is 8.44. The number of hydrogen-bond donors (Lipinski definition) is 0. The molecule has 5 nitrogen and oxygen atoms in total. The SMILES string of the molecule is Cc1ccccc1-c1[c-]c(-n2c3ccccc3c3cc4c5ccccc5n(-c5nccn5C)c4nc32)ccc1.[Pt]. The second-order valence-electron chi connectivity index (χ2n) is 10.0. The molecule has 0 bridgehead atoms. The molecule has 0 radical (unpaired) electrons. The predicted octanol–water partition coefficient (Wildman–Crippen LogP) is 7.78. The second-order valence-corrected chi connectivity index (χ2v) is 10.0. The van der Waals surface area contributed by atoms with Crippen LogP contribution in [0.2, 0.25) is 0 Å². The Labute approximate surface area is 245 Å². The van der Waals surface area contributed by atoms with E-state index in [2.05, 4.69) is 124 Å². The molecule has 40 heavy (non-hydrogen) atoms. The molecule has 0 aliphatic rings. The third-order valence-corrected chi connectivity index (χ3v) is 7.73. The number of pyridine rings is 1. The van der Waals surface area contributed by atoms with Crippen LogP contribution in [0.3, 0.4) is 0 Å². The van der Waals surface area contributed by atoms with E-state index < -0.39 is 0 Å². The van der Waals surface area contributed by atoms with Crippen LogP contribution in [-0.2, 0) is 28.1 Å². The normalized spacial score (nSPS) is 11.6. The Bertz CT molecular complexity index is 2220. The van der Waals surface area contributed by atoms with Crippen LogP contribution in [0.1, 0.15) is 5.56 Å². The van der Waals surface area contributed by atoms with E-state index >= 15 is 0 Å². The van der Waals surface area contributed by atoms with Gasteiger partial charge in [-0.25, -0.2) is 9.97 Å². The van der Waals surface area contributed by atoms with Gasteiger partial charge in [0.2, 0.25) is 5.95 Å². The van der Waals surface area contributed by atoms with Gasteiger partial charge < -0.3 is 9.13 Å². The monoisotopic (exact) mass is 697 g/mol. The first-order valence-electron chi connectivity index (χ1n) is 13.1. The van der Waals surface area contributed by atoms with E-state index in [1.165, 1.54) is 16.5 Å². The molecule has 0 spiro atoms. The molecule has 0 fully saturated rings. The Hall–Kier alpha value is -4.47. The summed E-state index contributed by atoms with van der Waals surface area (Å²) >= 11 is 0. The maximum atomic E-state index is 5.40. The summed E-state index contributed by atoms with van der Waals surface area (Å²) in [7, 11) is 2.02. The summed E-state index contributed by atoms with van der Waals surface area (Å²) in [6.45, 7) is 2.14. The fraction of sp³-hybridized carbons (Fsp3) is 0.0588. The average Bonchev–Trinajstić information content (AvgIpc) is 3.63. The van der Waals surface area contributed by atoms with Crippen LogP contribution in [0, 0.1) is 13.0 Å². The largest absolute Gasteiger partial charge is 0.320 e. The van der Waals surface area contributed by atoms with E-state index in [0.29, 0.717) is 0 Å². The predicted molar refractivity (Wildman–Crippen MR) is 159 cm³/mol. The maximum Gasteiger partial charge on any atom is 0.215 e. The molecule has 6 heteroatoms. The Morgan fingerprint density at radius 3 is 2.02 bits per heavy atom. The van der Waals surface area contributed by atoms with Gasteiger partial charge >= 0.3 is 0 Å². The van der Waals surface area contributed by atoms with Crippen molar-refractivity contribution >= 4 is 43.9 Å². The smallest absolute Gasteiger partial charge is 0.215 e. The van der Waals surface area contributed by atoms with E-state index in [4.69, 9.17) is 4.98 Å². The molecule has 0 saturated heterocycles. The fourth-order valence-electron chi connectivity index (χ4n) is 5.89. The number of hydrogen-bond acceptors (Lipinski definition) is 2. The molecular weight excluding hydrogens is 673 g/mol. The molecule has 8 aromatic rings. The molecule has 4 aromatic carbocycles. The molecule has 196 valence electrons. The quantitative estimate of drug-likeness (QED) is 0.177. The standard InChI is InChI=1S/C34H24N5.Pt/c1-22-10-3-4-13-25(22)23-11-9-12-24(20-23)38-30-16-7-5-14-26(30)28-21-29-27-15-6-8-17-31(27)39(33(29)36-32(28)38)34-35-18-19-37(34)2;/h3-19,21H,1-2H3;/q-1;. The Balaban J connectivity index is 0.00000264. The van der Waals surface area contributed by atoms with E-state index in [1.807, 2.05) is 24.0 Å². The van der Waals surface area contributed by atoms with Crippen molar-refractivity contribution in [2.45, 2.75) is 6.92 Å². The summed E-state index contributed by atoms with van der Waals surface area (Å²) in [6.07, 6.45) is 3.80. The minimum Gasteiger partial charge on any atom is -0.320 e. The summed E-state index contributed by atoms with van der Waals surface area (Å²) in [5.74, 6) is 0.837. The first-order valence-corrected chi connectivity index (χ1v) is 13.1. The van der Waals surface area contributed by atoms with Gasteiger partial charge in [0.25, 0.3) is 0 Å². The molecule has 0 unspecified atom stereocenters. The molecule has 0 N–H and O–H groups in total. The van der Waals surface area contributed by atoms with Gasteiger partial charge in [-0.05, 0) is 30.8 Å². The van der Waals surface area contributed by atoms with Crippen molar-refractivity contribution in [3.05, 3.63) is 121 Å². The van der Waals surface area contributed by atoms with E-state index in [-0.39, 0.29) is 21.1 Å². The van der Waals surface area contributed by atoms with Gasteiger partial charge in [-0.2, -0.15) is 0 Å². The molecule has 0 aliphatic carbocycles. The average molecular weight is 698 g/mol. The van der Waals surface area contributed by atoms with Gasteiger partial charge in [0.15, 0.2) is 0 Å². The molecule has 8 rings (SSSR count). The van der Waals surface area contributed by atoms with Crippen LogP contribution >= 0.6 is 0 Å². The van der Waals surface area contributed by atoms with Gasteiger partial charge in [0.05, 0.1) is 11.0 Å². The zero-order valence-corrected chi connectivity index (χ0v) is 24.2. The Kier molecular flexibility index (Phi) is 5.72. The van der Waals surface area contributed by atoms with Crippen LogP contribution in [0.15, 0.2) is 109 Å². The van der Waals surface area contributed by atoms with Gasteiger partial charge in [-0.15, -0.1) is 29.8 Å². The van der Waals surface area contributed by atoms with E-state index in [9.17, 15) is 0 Å². The molecule has 0 aliphatic heterocycles. The number of rotatable bonds is 3. The molecule has 0 saturated carbocycles. The number of fused-ring (bicyclic) bond motifs is 6. The Morgan fingerprint density at radius 2 is 1.32 bits per heavy atom. The fourth-order valence-corrected chi connectivity index (χ4v) is 5.89. The van der Waals surface area contributed by atoms with Crippen molar-refractivity contribution in [3.8, 4) is 22.8 Å².